The molecule has 62 heavy (non-hydrogen) atoms. The average Bonchev–Trinajstić information content (AvgIpc) is 4.12. The van der Waals surface area contributed by atoms with Crippen molar-refractivity contribution in [3.63, 3.8) is 0 Å². The molecule has 0 bridgehead atoms. The maximum Gasteiger partial charge on any atom is 0.168 e. The first-order valence-corrected chi connectivity index (χ1v) is 20.9. The summed E-state index contributed by atoms with van der Waals surface area (Å²) >= 11 is 0. The van der Waals surface area contributed by atoms with Gasteiger partial charge in [-0.25, -0.2) is 0 Å². The number of benzene rings is 9. The molecule has 0 aliphatic carbocycles. The minimum atomic E-state index is 0.774. The Hall–Kier alpha value is -8.48. The lowest BCUT2D eigenvalue weighted by Gasteiger charge is -2.18. The maximum absolute atomic E-state index is 6.76. The average molecular weight is 794 g/mol. The van der Waals surface area contributed by atoms with Gasteiger partial charge >= 0.3 is 0 Å². The fourth-order valence-electron chi connectivity index (χ4n) is 9.71. The van der Waals surface area contributed by atoms with E-state index in [2.05, 4.69) is 196 Å². The first kappa shape index (κ1) is 34.4. The molecule has 0 saturated heterocycles. The molecular formula is C56H35N5O. The van der Waals surface area contributed by atoms with Gasteiger partial charge in [-0.05, 0) is 54.6 Å². The number of para-hydroxylation sites is 6. The van der Waals surface area contributed by atoms with Crippen molar-refractivity contribution in [2.24, 2.45) is 0 Å². The zero-order valence-corrected chi connectivity index (χ0v) is 33.4. The number of hydrogen-bond acceptors (Lipinski definition) is 3. The van der Waals surface area contributed by atoms with Gasteiger partial charge in [0.15, 0.2) is 17.2 Å². The highest BCUT2D eigenvalue weighted by atomic mass is 16.3. The van der Waals surface area contributed by atoms with Crippen LogP contribution in [0.15, 0.2) is 217 Å². The number of fused-ring (bicyclic) bond motifs is 10. The lowest BCUT2D eigenvalue weighted by Crippen LogP contribution is -2.02. The third-order valence-electron chi connectivity index (χ3n) is 12.4. The van der Waals surface area contributed by atoms with Crippen molar-refractivity contribution < 1.29 is 4.42 Å². The fourth-order valence-corrected chi connectivity index (χ4v) is 9.71. The van der Waals surface area contributed by atoms with E-state index in [9.17, 15) is 0 Å². The molecule has 0 atom stereocenters. The van der Waals surface area contributed by atoms with Crippen molar-refractivity contribution in [1.82, 2.24) is 23.9 Å². The van der Waals surface area contributed by atoms with Gasteiger partial charge in [-0.3, -0.25) is 4.57 Å². The molecule has 0 saturated carbocycles. The van der Waals surface area contributed by atoms with E-state index in [1.807, 2.05) is 30.3 Å². The molecule has 0 unspecified atom stereocenters. The van der Waals surface area contributed by atoms with Crippen molar-refractivity contribution in [3.8, 4) is 51.0 Å². The smallest absolute Gasteiger partial charge is 0.168 e. The van der Waals surface area contributed by atoms with Crippen LogP contribution in [-0.4, -0.2) is 23.9 Å². The Morgan fingerprint density at radius 3 is 1.60 bits per heavy atom. The molecule has 0 aliphatic rings. The Balaban J connectivity index is 1.06. The molecule has 6 heteroatoms. The molecule has 0 aliphatic heterocycles. The second-order valence-electron chi connectivity index (χ2n) is 15.8. The van der Waals surface area contributed by atoms with Gasteiger partial charge in [0.1, 0.15) is 5.58 Å². The molecule has 290 valence electrons. The van der Waals surface area contributed by atoms with Crippen LogP contribution in [0.5, 0.6) is 0 Å². The highest BCUT2D eigenvalue weighted by molar-refractivity contribution is 6.22. The summed E-state index contributed by atoms with van der Waals surface area (Å²) in [6.45, 7) is 0. The van der Waals surface area contributed by atoms with Crippen molar-refractivity contribution in [2.45, 2.75) is 0 Å². The highest BCUT2D eigenvalue weighted by Gasteiger charge is 2.24. The second-order valence-corrected chi connectivity index (χ2v) is 15.8. The van der Waals surface area contributed by atoms with Gasteiger partial charge in [0.25, 0.3) is 0 Å². The van der Waals surface area contributed by atoms with Crippen LogP contribution in [-0.2, 0) is 0 Å². The largest absolute Gasteiger partial charge is 0.454 e. The van der Waals surface area contributed by atoms with Gasteiger partial charge in [-0.1, -0.05) is 158 Å². The van der Waals surface area contributed by atoms with Gasteiger partial charge in [-0.15, -0.1) is 10.2 Å². The number of aromatic nitrogens is 5. The predicted molar refractivity (Wildman–Crippen MR) is 254 cm³/mol. The first-order valence-electron chi connectivity index (χ1n) is 20.9. The first-order chi connectivity index (χ1) is 30.8. The molecule has 0 spiro atoms. The maximum atomic E-state index is 6.76. The Morgan fingerprint density at radius 1 is 0.339 bits per heavy atom. The molecule has 6 nitrogen and oxygen atoms in total. The summed E-state index contributed by atoms with van der Waals surface area (Å²) in [6.07, 6.45) is 0. The Labute approximate surface area is 355 Å². The number of hydrogen-bond donors (Lipinski definition) is 0. The lowest BCUT2D eigenvalue weighted by molar-refractivity contribution is 0.671. The molecule has 0 radical (unpaired) electrons. The fraction of sp³-hybridized carbons (Fsp3) is 0. The van der Waals surface area contributed by atoms with E-state index in [0.29, 0.717) is 0 Å². The summed E-state index contributed by atoms with van der Waals surface area (Å²) in [5.41, 5.74) is 13.5. The van der Waals surface area contributed by atoms with Gasteiger partial charge in [0, 0.05) is 60.3 Å². The van der Waals surface area contributed by atoms with Gasteiger partial charge in [0.05, 0.1) is 33.4 Å². The summed E-state index contributed by atoms with van der Waals surface area (Å²) in [5, 5.41) is 16.6. The molecule has 0 N–H and O–H groups in total. The van der Waals surface area contributed by atoms with Crippen molar-refractivity contribution >= 4 is 65.6 Å². The van der Waals surface area contributed by atoms with E-state index in [-0.39, 0.29) is 0 Å². The topological polar surface area (TPSA) is 53.7 Å². The van der Waals surface area contributed by atoms with Crippen LogP contribution in [0.3, 0.4) is 0 Å². The third-order valence-corrected chi connectivity index (χ3v) is 12.4. The van der Waals surface area contributed by atoms with Gasteiger partial charge in [0.2, 0.25) is 0 Å². The summed E-state index contributed by atoms with van der Waals surface area (Å²) in [6, 6.07) is 75.1. The molecule has 4 heterocycles. The van der Waals surface area contributed by atoms with E-state index < -0.39 is 0 Å². The normalized spacial score (nSPS) is 11.9. The van der Waals surface area contributed by atoms with E-state index >= 15 is 0 Å². The number of furan rings is 1. The molecule has 9 aromatic carbocycles. The van der Waals surface area contributed by atoms with Crippen LogP contribution < -0.4 is 0 Å². The number of nitrogens with zero attached hydrogens (tertiary/aromatic N) is 5. The van der Waals surface area contributed by atoms with Crippen LogP contribution in [0.1, 0.15) is 0 Å². The minimum Gasteiger partial charge on any atom is -0.454 e. The van der Waals surface area contributed by atoms with Crippen molar-refractivity contribution in [1.29, 1.82) is 0 Å². The monoisotopic (exact) mass is 793 g/mol. The Kier molecular flexibility index (Phi) is 7.50. The van der Waals surface area contributed by atoms with Crippen molar-refractivity contribution in [2.75, 3.05) is 0 Å². The van der Waals surface area contributed by atoms with Crippen LogP contribution in [0.25, 0.3) is 117 Å². The molecule has 13 aromatic rings. The van der Waals surface area contributed by atoms with E-state index in [1.54, 1.807) is 0 Å². The molecule has 13 rings (SSSR count). The standard InChI is InChI=1S/C56H35N5O/c1-3-17-36(18-4-1)55-57-58-56(59(55)38-19-5-2-6-20-38)37-31-32-43-41-23-8-13-27-48(41)60(51(43)35-37)47-26-12-7-21-39(47)40-22-9-14-28-49(40)61-50-29-15-10-24-42(50)45-33-34-46-44-25-11-16-30-52(44)62-54(46)53(45)61/h1-35H. The Bertz CT molecular complexity index is 3870. The lowest BCUT2D eigenvalue weighted by atomic mass is 10.0. The zero-order valence-electron chi connectivity index (χ0n) is 33.4. The van der Waals surface area contributed by atoms with Crippen LogP contribution in [0.2, 0.25) is 0 Å². The highest BCUT2D eigenvalue weighted by Crippen LogP contribution is 2.44. The molecule has 0 fully saturated rings. The van der Waals surface area contributed by atoms with E-state index in [1.165, 1.54) is 10.8 Å². The number of rotatable bonds is 6. The van der Waals surface area contributed by atoms with Crippen LogP contribution >= 0.6 is 0 Å². The molecule has 0 amide bonds. The molecule has 4 aromatic heterocycles. The molecular weight excluding hydrogens is 759 g/mol. The van der Waals surface area contributed by atoms with Gasteiger partial charge < -0.3 is 13.6 Å². The Morgan fingerprint density at radius 2 is 0.855 bits per heavy atom. The third kappa shape index (κ3) is 5.04. The van der Waals surface area contributed by atoms with E-state index in [4.69, 9.17) is 14.6 Å². The van der Waals surface area contributed by atoms with Gasteiger partial charge in [-0.2, -0.15) is 0 Å². The van der Waals surface area contributed by atoms with Crippen LogP contribution in [0.4, 0.5) is 0 Å². The zero-order chi connectivity index (χ0) is 40.7. The summed E-state index contributed by atoms with van der Waals surface area (Å²) < 4.78 is 13.8. The summed E-state index contributed by atoms with van der Waals surface area (Å²) in [7, 11) is 0. The predicted octanol–water partition coefficient (Wildman–Crippen LogP) is 14.4. The minimum absolute atomic E-state index is 0.774. The van der Waals surface area contributed by atoms with Crippen molar-refractivity contribution in [3.05, 3.63) is 212 Å². The second kappa shape index (κ2) is 13.5. The SMILES string of the molecule is c1ccc(-c2nnc(-c3ccc4c5ccccc5n(-c5ccccc5-c5ccccc5-n5c6ccccc6c6ccc7c8ccccc8oc7c65)c4c3)n2-c2ccccc2)cc1. The van der Waals surface area contributed by atoms with Crippen LogP contribution in [0, 0.1) is 0 Å². The quantitative estimate of drug-likeness (QED) is 0.168. The summed E-state index contributed by atoms with van der Waals surface area (Å²) in [4.78, 5) is 0. The summed E-state index contributed by atoms with van der Waals surface area (Å²) in [5.74, 6) is 1.56. The van der Waals surface area contributed by atoms with E-state index in [0.717, 1.165) is 106 Å².